The molecule has 20 heavy (non-hydrogen) atoms. The van der Waals surface area contributed by atoms with Crippen LogP contribution in [-0.2, 0) is 6.54 Å². The maximum Gasteiger partial charge on any atom is 0.0423 e. The van der Waals surface area contributed by atoms with E-state index in [-0.39, 0.29) is 0 Å². The van der Waals surface area contributed by atoms with Gasteiger partial charge in [0, 0.05) is 31.5 Å². The molecule has 0 amide bonds. The van der Waals surface area contributed by atoms with E-state index in [1.807, 2.05) is 6.20 Å². The van der Waals surface area contributed by atoms with Gasteiger partial charge in [-0.1, -0.05) is 43.3 Å². The van der Waals surface area contributed by atoms with Gasteiger partial charge in [-0.2, -0.15) is 0 Å². The van der Waals surface area contributed by atoms with Crippen LogP contribution in [0.4, 0.5) is 0 Å². The smallest absolute Gasteiger partial charge is 0.0423 e. The van der Waals surface area contributed by atoms with Crippen molar-refractivity contribution in [1.82, 2.24) is 9.80 Å². The minimum Gasteiger partial charge on any atom is -0.372 e. The largest absolute Gasteiger partial charge is 0.372 e. The second kappa shape index (κ2) is 6.65. The number of allylic oxidation sites excluding steroid dienone is 2. The number of hydrogen-bond donors (Lipinski definition) is 0. The molecule has 2 nitrogen and oxygen atoms in total. The molecule has 2 heteroatoms. The molecule has 0 aliphatic carbocycles. The molecule has 0 N–H and O–H groups in total. The molecular weight excluding hydrogens is 244 g/mol. The molecule has 0 saturated heterocycles. The van der Waals surface area contributed by atoms with E-state index in [9.17, 15) is 0 Å². The molecule has 0 fully saturated rings. The average molecular weight is 270 g/mol. The molecule has 1 aliphatic rings. The lowest BCUT2D eigenvalue weighted by Gasteiger charge is -2.35. The predicted molar refractivity (Wildman–Crippen MR) is 86.1 cm³/mol. The van der Waals surface area contributed by atoms with Gasteiger partial charge in [0.1, 0.15) is 0 Å². The lowest BCUT2D eigenvalue weighted by Crippen LogP contribution is -2.30. The molecule has 0 unspecified atom stereocenters. The van der Waals surface area contributed by atoms with Gasteiger partial charge < -0.3 is 9.80 Å². The SMILES string of the molecule is C=CN1CCCC(N(C)Cc2ccc(C)cc2)=C1CC. The number of rotatable bonds is 5. The number of benzene rings is 1. The number of aryl methyl sites for hydroxylation is 1. The van der Waals surface area contributed by atoms with E-state index in [1.165, 1.54) is 35.4 Å². The molecule has 0 radical (unpaired) electrons. The van der Waals surface area contributed by atoms with Crippen LogP contribution < -0.4 is 0 Å². The molecule has 1 aliphatic heterocycles. The Balaban J connectivity index is 2.17. The Morgan fingerprint density at radius 1 is 1.30 bits per heavy atom. The molecule has 1 aromatic carbocycles. The van der Waals surface area contributed by atoms with Gasteiger partial charge in [0.05, 0.1) is 0 Å². The van der Waals surface area contributed by atoms with E-state index < -0.39 is 0 Å². The lowest BCUT2D eigenvalue weighted by atomic mass is 10.0. The van der Waals surface area contributed by atoms with Crippen LogP contribution in [0, 0.1) is 6.92 Å². The third kappa shape index (κ3) is 3.24. The number of hydrogen-bond acceptors (Lipinski definition) is 2. The van der Waals surface area contributed by atoms with Gasteiger partial charge in [-0.3, -0.25) is 0 Å². The summed E-state index contributed by atoms with van der Waals surface area (Å²) in [6.45, 7) is 10.4. The summed E-state index contributed by atoms with van der Waals surface area (Å²) in [4.78, 5) is 4.71. The molecule has 0 aromatic heterocycles. The summed E-state index contributed by atoms with van der Waals surface area (Å²) >= 11 is 0. The lowest BCUT2D eigenvalue weighted by molar-refractivity contribution is 0.315. The quantitative estimate of drug-likeness (QED) is 0.787. The van der Waals surface area contributed by atoms with Crippen molar-refractivity contribution in [2.24, 2.45) is 0 Å². The molecule has 1 heterocycles. The molecule has 0 saturated carbocycles. The van der Waals surface area contributed by atoms with E-state index in [4.69, 9.17) is 0 Å². The second-order valence-corrected chi connectivity index (χ2v) is 5.57. The van der Waals surface area contributed by atoms with Gasteiger partial charge >= 0.3 is 0 Å². The van der Waals surface area contributed by atoms with Crippen molar-refractivity contribution >= 4 is 0 Å². The summed E-state index contributed by atoms with van der Waals surface area (Å²) < 4.78 is 0. The van der Waals surface area contributed by atoms with E-state index in [2.05, 4.69) is 61.5 Å². The minimum absolute atomic E-state index is 0.976. The van der Waals surface area contributed by atoms with Crippen molar-refractivity contribution in [1.29, 1.82) is 0 Å². The van der Waals surface area contributed by atoms with Crippen molar-refractivity contribution in [3.8, 4) is 0 Å². The molecule has 0 atom stereocenters. The zero-order valence-corrected chi connectivity index (χ0v) is 13.0. The van der Waals surface area contributed by atoms with Gasteiger partial charge in [-0.15, -0.1) is 0 Å². The van der Waals surface area contributed by atoms with E-state index in [0.29, 0.717) is 0 Å². The highest BCUT2D eigenvalue weighted by Gasteiger charge is 2.19. The first-order chi connectivity index (χ1) is 9.65. The zero-order valence-electron chi connectivity index (χ0n) is 13.0. The Bertz CT molecular complexity index is 485. The summed E-state index contributed by atoms with van der Waals surface area (Å²) in [5.41, 5.74) is 5.59. The third-order valence-electron chi connectivity index (χ3n) is 4.05. The summed E-state index contributed by atoms with van der Waals surface area (Å²) in [6, 6.07) is 8.84. The summed E-state index contributed by atoms with van der Waals surface area (Å²) in [5.74, 6) is 0. The van der Waals surface area contributed by atoms with Crippen LogP contribution in [0.1, 0.15) is 37.3 Å². The van der Waals surface area contributed by atoms with Crippen LogP contribution in [0.15, 0.2) is 48.4 Å². The highest BCUT2D eigenvalue weighted by atomic mass is 15.2. The summed E-state index contributed by atoms with van der Waals surface area (Å²) in [5, 5.41) is 0. The zero-order chi connectivity index (χ0) is 14.5. The Morgan fingerprint density at radius 3 is 2.60 bits per heavy atom. The van der Waals surface area contributed by atoms with Crippen molar-refractivity contribution in [2.75, 3.05) is 13.6 Å². The van der Waals surface area contributed by atoms with Crippen LogP contribution in [0.5, 0.6) is 0 Å². The normalized spacial score (nSPS) is 15.4. The van der Waals surface area contributed by atoms with Gasteiger partial charge in [-0.25, -0.2) is 0 Å². The molecular formula is C18H26N2. The van der Waals surface area contributed by atoms with Crippen LogP contribution in [0.25, 0.3) is 0 Å². The molecule has 2 rings (SSSR count). The molecule has 108 valence electrons. The monoisotopic (exact) mass is 270 g/mol. The maximum atomic E-state index is 3.94. The average Bonchev–Trinajstić information content (AvgIpc) is 2.48. The first-order valence-electron chi connectivity index (χ1n) is 7.53. The molecule has 0 spiro atoms. The second-order valence-electron chi connectivity index (χ2n) is 5.57. The Morgan fingerprint density at radius 2 is 2.00 bits per heavy atom. The summed E-state index contributed by atoms with van der Waals surface area (Å²) in [6.07, 6.45) is 5.43. The first-order valence-corrected chi connectivity index (χ1v) is 7.53. The predicted octanol–water partition coefficient (Wildman–Crippen LogP) is 4.29. The fraction of sp³-hybridized carbons (Fsp3) is 0.444. The van der Waals surface area contributed by atoms with Gasteiger partial charge in [-0.05, 0) is 37.9 Å². The standard InChI is InChI=1S/C18H26N2/c1-5-17-18(8-7-13-20(17)6-2)19(4)14-16-11-9-15(3)10-12-16/h6,9-12H,2,5,7-8,13-14H2,1,3-4H3. The topological polar surface area (TPSA) is 6.48 Å². The van der Waals surface area contributed by atoms with E-state index in [0.717, 1.165) is 19.5 Å². The van der Waals surface area contributed by atoms with Crippen molar-refractivity contribution in [3.05, 3.63) is 59.6 Å². The summed E-state index contributed by atoms with van der Waals surface area (Å²) in [7, 11) is 2.21. The van der Waals surface area contributed by atoms with Crippen LogP contribution in [0.2, 0.25) is 0 Å². The highest BCUT2D eigenvalue weighted by molar-refractivity contribution is 5.23. The number of nitrogens with zero attached hydrogens (tertiary/aromatic N) is 2. The Labute approximate surface area is 123 Å². The van der Waals surface area contributed by atoms with E-state index >= 15 is 0 Å². The molecule has 0 bridgehead atoms. The fourth-order valence-corrected chi connectivity index (χ4v) is 2.94. The maximum absolute atomic E-state index is 3.94. The van der Waals surface area contributed by atoms with Gasteiger partial charge in [0.15, 0.2) is 0 Å². The van der Waals surface area contributed by atoms with Gasteiger partial charge in [0.25, 0.3) is 0 Å². The highest BCUT2D eigenvalue weighted by Crippen LogP contribution is 2.27. The van der Waals surface area contributed by atoms with Crippen molar-refractivity contribution in [3.63, 3.8) is 0 Å². The Hall–Kier alpha value is -1.70. The van der Waals surface area contributed by atoms with Crippen LogP contribution in [0.3, 0.4) is 0 Å². The first kappa shape index (κ1) is 14.7. The third-order valence-corrected chi connectivity index (χ3v) is 4.05. The van der Waals surface area contributed by atoms with Gasteiger partial charge in [0.2, 0.25) is 0 Å². The van der Waals surface area contributed by atoms with Crippen LogP contribution in [-0.4, -0.2) is 23.4 Å². The van der Waals surface area contributed by atoms with Crippen LogP contribution >= 0.6 is 0 Å². The fourth-order valence-electron chi connectivity index (χ4n) is 2.94. The van der Waals surface area contributed by atoms with E-state index in [1.54, 1.807) is 0 Å². The Kier molecular flexibility index (Phi) is 4.89. The molecule has 1 aromatic rings. The van der Waals surface area contributed by atoms with Crippen molar-refractivity contribution in [2.45, 2.75) is 39.7 Å². The van der Waals surface area contributed by atoms with Crippen molar-refractivity contribution < 1.29 is 0 Å². The minimum atomic E-state index is 0.976.